The van der Waals surface area contributed by atoms with E-state index >= 15 is 0 Å². The molecule has 0 aromatic carbocycles. The van der Waals surface area contributed by atoms with E-state index in [0.29, 0.717) is 18.7 Å². The minimum atomic E-state index is -0.467. The smallest absolute Gasteiger partial charge is 0.407 e. The van der Waals surface area contributed by atoms with Gasteiger partial charge in [0, 0.05) is 6.54 Å². The van der Waals surface area contributed by atoms with Gasteiger partial charge in [0.05, 0.1) is 17.6 Å². The fourth-order valence-corrected chi connectivity index (χ4v) is 1.46. The molecule has 5 nitrogen and oxygen atoms in total. The van der Waals surface area contributed by atoms with Crippen LogP contribution in [-0.4, -0.2) is 23.2 Å². The number of nitrogen functional groups attached to an aromatic ring is 1. The largest absolute Gasteiger partial charge is 0.444 e. The molecule has 3 N–H and O–H groups in total. The average molecular weight is 277 g/mol. The molecule has 0 saturated carbocycles. The summed E-state index contributed by atoms with van der Waals surface area (Å²) < 4.78 is 5.13. The molecule has 0 radical (unpaired) electrons. The van der Waals surface area contributed by atoms with Gasteiger partial charge in [-0.15, -0.1) is 0 Å². The standard InChI is InChI=1S/C15H23N3O2/c1-11-9-12(18-10-13(11)16)7-5-6-8-17-14(19)20-15(2,3)4/h5,7,9-10H,6,8,16H2,1-4H3,(H,17,19). The van der Waals surface area contributed by atoms with Crippen LogP contribution in [-0.2, 0) is 4.74 Å². The van der Waals surface area contributed by atoms with E-state index in [1.807, 2.05) is 45.9 Å². The lowest BCUT2D eigenvalue weighted by molar-refractivity contribution is 0.0529. The van der Waals surface area contributed by atoms with Crippen LogP contribution in [0.1, 0.15) is 38.4 Å². The Morgan fingerprint density at radius 2 is 2.20 bits per heavy atom. The number of carbonyl (C=O) groups is 1. The number of amides is 1. The molecular formula is C15H23N3O2. The Labute approximate surface area is 120 Å². The molecule has 0 aliphatic rings. The summed E-state index contributed by atoms with van der Waals surface area (Å²) in [7, 11) is 0. The number of rotatable bonds is 4. The van der Waals surface area contributed by atoms with Gasteiger partial charge in [0.1, 0.15) is 5.60 Å². The van der Waals surface area contributed by atoms with E-state index in [2.05, 4.69) is 10.3 Å². The van der Waals surface area contributed by atoms with Crippen molar-refractivity contribution >= 4 is 17.9 Å². The number of aryl methyl sites for hydroxylation is 1. The Hall–Kier alpha value is -2.04. The number of alkyl carbamates (subject to hydrolysis) is 1. The second-order valence-electron chi connectivity index (χ2n) is 5.59. The van der Waals surface area contributed by atoms with Crippen LogP contribution in [0.25, 0.3) is 6.08 Å². The number of anilines is 1. The number of nitrogens with zero attached hydrogens (tertiary/aromatic N) is 1. The van der Waals surface area contributed by atoms with Crippen LogP contribution in [0.3, 0.4) is 0 Å². The lowest BCUT2D eigenvalue weighted by Crippen LogP contribution is -2.32. The molecule has 1 aromatic rings. The van der Waals surface area contributed by atoms with Crippen molar-refractivity contribution in [2.45, 2.75) is 39.7 Å². The molecule has 0 fully saturated rings. The molecule has 1 amide bonds. The highest BCUT2D eigenvalue weighted by Crippen LogP contribution is 2.10. The molecular weight excluding hydrogens is 254 g/mol. The summed E-state index contributed by atoms with van der Waals surface area (Å²) in [4.78, 5) is 15.6. The van der Waals surface area contributed by atoms with E-state index < -0.39 is 11.7 Å². The normalized spacial score (nSPS) is 11.6. The van der Waals surface area contributed by atoms with Gasteiger partial charge in [0.25, 0.3) is 0 Å². The Kier molecular flexibility index (Phi) is 5.55. The molecule has 0 saturated heterocycles. The van der Waals surface area contributed by atoms with Gasteiger partial charge in [-0.3, -0.25) is 4.98 Å². The van der Waals surface area contributed by atoms with Crippen LogP contribution >= 0.6 is 0 Å². The zero-order valence-electron chi connectivity index (χ0n) is 12.6. The number of hydrogen-bond donors (Lipinski definition) is 2. The SMILES string of the molecule is Cc1cc(C=CCCNC(=O)OC(C)(C)C)ncc1N. The van der Waals surface area contributed by atoms with Crippen molar-refractivity contribution < 1.29 is 9.53 Å². The van der Waals surface area contributed by atoms with Gasteiger partial charge in [0.15, 0.2) is 0 Å². The summed E-state index contributed by atoms with van der Waals surface area (Å²) in [6, 6.07) is 1.92. The first-order valence-corrected chi connectivity index (χ1v) is 6.63. The first-order valence-electron chi connectivity index (χ1n) is 6.63. The minimum Gasteiger partial charge on any atom is -0.444 e. The van der Waals surface area contributed by atoms with Crippen molar-refractivity contribution in [3.05, 3.63) is 29.6 Å². The second kappa shape index (κ2) is 6.93. The van der Waals surface area contributed by atoms with E-state index in [-0.39, 0.29) is 0 Å². The fourth-order valence-electron chi connectivity index (χ4n) is 1.46. The first kappa shape index (κ1) is 16.0. The Morgan fingerprint density at radius 3 is 2.80 bits per heavy atom. The zero-order chi connectivity index (χ0) is 15.2. The molecule has 0 spiro atoms. The van der Waals surface area contributed by atoms with E-state index in [0.717, 1.165) is 11.3 Å². The van der Waals surface area contributed by atoms with Crippen molar-refractivity contribution in [1.29, 1.82) is 0 Å². The molecule has 1 heterocycles. The number of aromatic nitrogens is 1. The predicted octanol–water partition coefficient (Wildman–Crippen LogP) is 2.90. The maximum absolute atomic E-state index is 11.4. The summed E-state index contributed by atoms with van der Waals surface area (Å²) in [5, 5.41) is 2.69. The highest BCUT2D eigenvalue weighted by Gasteiger charge is 2.15. The summed E-state index contributed by atoms with van der Waals surface area (Å²) in [5.74, 6) is 0. The molecule has 110 valence electrons. The van der Waals surface area contributed by atoms with Gasteiger partial charge in [-0.25, -0.2) is 4.79 Å². The molecule has 0 unspecified atom stereocenters. The topological polar surface area (TPSA) is 77.2 Å². The van der Waals surface area contributed by atoms with Crippen molar-refractivity contribution in [1.82, 2.24) is 10.3 Å². The van der Waals surface area contributed by atoms with Gasteiger partial charge < -0.3 is 15.8 Å². The van der Waals surface area contributed by atoms with E-state index in [1.54, 1.807) is 6.20 Å². The molecule has 1 aromatic heterocycles. The lowest BCUT2D eigenvalue weighted by Gasteiger charge is -2.19. The summed E-state index contributed by atoms with van der Waals surface area (Å²) in [6.45, 7) is 7.97. The Bertz CT molecular complexity index is 490. The number of nitrogens with two attached hydrogens (primary N) is 1. The van der Waals surface area contributed by atoms with Crippen LogP contribution in [0.4, 0.5) is 10.5 Å². The molecule has 0 atom stereocenters. The molecule has 0 aliphatic heterocycles. The lowest BCUT2D eigenvalue weighted by atomic mass is 10.2. The van der Waals surface area contributed by atoms with Crippen LogP contribution in [0.2, 0.25) is 0 Å². The maximum atomic E-state index is 11.4. The molecule has 5 heteroatoms. The highest BCUT2D eigenvalue weighted by molar-refractivity contribution is 5.67. The van der Waals surface area contributed by atoms with E-state index in [4.69, 9.17) is 10.5 Å². The van der Waals surface area contributed by atoms with Gasteiger partial charge in [-0.05, 0) is 51.8 Å². The monoisotopic (exact) mass is 277 g/mol. The fraction of sp³-hybridized carbons (Fsp3) is 0.467. The number of ether oxygens (including phenoxy) is 1. The third kappa shape index (κ3) is 6.22. The highest BCUT2D eigenvalue weighted by atomic mass is 16.6. The number of nitrogens with one attached hydrogen (secondary N) is 1. The molecule has 0 aliphatic carbocycles. The number of hydrogen-bond acceptors (Lipinski definition) is 4. The number of pyridine rings is 1. The third-order valence-electron chi connectivity index (χ3n) is 2.44. The van der Waals surface area contributed by atoms with Gasteiger partial charge in [-0.2, -0.15) is 0 Å². The second-order valence-corrected chi connectivity index (χ2v) is 5.59. The first-order chi connectivity index (χ1) is 9.28. The minimum absolute atomic E-state index is 0.396. The third-order valence-corrected chi connectivity index (χ3v) is 2.44. The average Bonchev–Trinajstić information content (AvgIpc) is 2.31. The maximum Gasteiger partial charge on any atom is 0.407 e. The van der Waals surface area contributed by atoms with Crippen LogP contribution in [0.15, 0.2) is 18.3 Å². The van der Waals surface area contributed by atoms with Crippen molar-refractivity contribution in [3.63, 3.8) is 0 Å². The molecule has 0 bridgehead atoms. The van der Waals surface area contributed by atoms with Crippen LogP contribution in [0, 0.1) is 6.92 Å². The zero-order valence-corrected chi connectivity index (χ0v) is 12.6. The Balaban J connectivity index is 2.32. The Morgan fingerprint density at radius 1 is 1.50 bits per heavy atom. The van der Waals surface area contributed by atoms with Gasteiger partial charge >= 0.3 is 6.09 Å². The van der Waals surface area contributed by atoms with Crippen LogP contribution < -0.4 is 11.1 Å². The molecule has 20 heavy (non-hydrogen) atoms. The summed E-state index contributed by atoms with van der Waals surface area (Å²) in [5.41, 5.74) is 7.78. The van der Waals surface area contributed by atoms with Crippen molar-refractivity contribution in [3.8, 4) is 0 Å². The van der Waals surface area contributed by atoms with E-state index in [9.17, 15) is 4.79 Å². The predicted molar refractivity (Wildman–Crippen MR) is 81.3 cm³/mol. The van der Waals surface area contributed by atoms with Gasteiger partial charge in [-0.1, -0.05) is 6.08 Å². The van der Waals surface area contributed by atoms with Crippen molar-refractivity contribution in [2.24, 2.45) is 0 Å². The number of carbonyl (C=O) groups excluding carboxylic acids is 1. The summed E-state index contributed by atoms with van der Waals surface area (Å²) >= 11 is 0. The van der Waals surface area contributed by atoms with Crippen LogP contribution in [0.5, 0.6) is 0 Å². The van der Waals surface area contributed by atoms with Crippen molar-refractivity contribution in [2.75, 3.05) is 12.3 Å². The summed E-state index contributed by atoms with van der Waals surface area (Å²) in [6.07, 6.45) is 5.82. The van der Waals surface area contributed by atoms with E-state index in [1.165, 1.54) is 0 Å². The van der Waals surface area contributed by atoms with Gasteiger partial charge in [0.2, 0.25) is 0 Å². The quantitative estimate of drug-likeness (QED) is 0.830. The molecule has 1 rings (SSSR count).